The second-order valence-corrected chi connectivity index (χ2v) is 2.98. The van der Waals surface area contributed by atoms with E-state index in [-0.39, 0.29) is 0 Å². The molecule has 0 spiro atoms. The van der Waals surface area contributed by atoms with Gasteiger partial charge in [0, 0.05) is 5.56 Å². The Morgan fingerprint density at radius 3 is 2.85 bits per heavy atom. The molecule has 66 valence electrons. The number of aryl methyl sites for hydroxylation is 1. The van der Waals surface area contributed by atoms with Gasteiger partial charge in [-0.1, -0.05) is 50.1 Å². The summed E-state index contributed by atoms with van der Waals surface area (Å²) >= 11 is 0. The number of hydrogen-bond acceptors (Lipinski definition) is 0. The van der Waals surface area contributed by atoms with E-state index >= 15 is 0 Å². The monoisotopic (exact) mass is 170 g/mol. The summed E-state index contributed by atoms with van der Waals surface area (Å²) in [5, 5.41) is 0. The molecule has 0 aromatic heterocycles. The second-order valence-electron chi connectivity index (χ2n) is 2.98. The van der Waals surface area contributed by atoms with Crippen molar-refractivity contribution in [3.63, 3.8) is 0 Å². The van der Waals surface area contributed by atoms with Gasteiger partial charge in [-0.05, 0) is 17.5 Å². The molecular formula is C13H14. The molecule has 0 saturated heterocycles. The van der Waals surface area contributed by atoms with Crippen molar-refractivity contribution in [1.29, 1.82) is 0 Å². The molecule has 0 bridgehead atoms. The fourth-order valence-electron chi connectivity index (χ4n) is 1.44. The number of benzene rings is 1. The van der Waals surface area contributed by atoms with Crippen LogP contribution < -0.4 is 0 Å². The molecule has 0 N–H and O–H groups in total. The van der Waals surface area contributed by atoms with Gasteiger partial charge in [-0.2, -0.15) is 0 Å². The molecule has 0 nitrogen and oxygen atoms in total. The summed E-state index contributed by atoms with van der Waals surface area (Å²) in [5.74, 6) is 2.73. The van der Waals surface area contributed by atoms with Gasteiger partial charge in [0.1, 0.15) is 0 Å². The summed E-state index contributed by atoms with van der Waals surface area (Å²) in [7, 11) is 0. The van der Waals surface area contributed by atoms with Crippen molar-refractivity contribution in [3.05, 3.63) is 41.5 Å². The predicted molar refractivity (Wildman–Crippen MR) is 58.5 cm³/mol. The van der Waals surface area contributed by atoms with Crippen LogP contribution in [0, 0.1) is 12.3 Å². The molecule has 0 atom stereocenters. The van der Waals surface area contributed by atoms with Gasteiger partial charge in [-0.3, -0.25) is 0 Å². The normalized spacial score (nSPS) is 9.23. The summed E-state index contributed by atoms with van der Waals surface area (Å²) < 4.78 is 0. The van der Waals surface area contributed by atoms with Crippen LogP contribution in [0.1, 0.15) is 30.0 Å². The largest absolute Gasteiger partial charge is 0.115 e. The fraction of sp³-hybridized carbons (Fsp3) is 0.231. The highest BCUT2D eigenvalue weighted by atomic mass is 14.0. The molecule has 0 heteroatoms. The lowest BCUT2D eigenvalue weighted by atomic mass is 9.98. The van der Waals surface area contributed by atoms with Crippen LogP contribution in [0.4, 0.5) is 0 Å². The lowest BCUT2D eigenvalue weighted by Crippen LogP contribution is -1.92. The Balaban J connectivity index is 3.20. The van der Waals surface area contributed by atoms with Gasteiger partial charge in [0.25, 0.3) is 0 Å². The standard InChI is InChI=1S/C13H14/c1-4-8-12-10-7-9-11(5-2)13(12)6-3/h3,5,7,9-10H,2,4,8H2,1H3. The molecule has 0 radical (unpaired) electrons. The van der Waals surface area contributed by atoms with Crippen molar-refractivity contribution < 1.29 is 0 Å². The first kappa shape index (κ1) is 9.61. The molecule has 13 heavy (non-hydrogen) atoms. The highest BCUT2D eigenvalue weighted by molar-refractivity contribution is 5.60. The lowest BCUT2D eigenvalue weighted by molar-refractivity contribution is 0.918. The summed E-state index contributed by atoms with van der Waals surface area (Å²) in [6.45, 7) is 5.90. The average molecular weight is 170 g/mol. The van der Waals surface area contributed by atoms with Crippen molar-refractivity contribution in [2.45, 2.75) is 19.8 Å². The minimum Gasteiger partial charge on any atom is -0.115 e. The van der Waals surface area contributed by atoms with Crippen LogP contribution in [-0.4, -0.2) is 0 Å². The van der Waals surface area contributed by atoms with Gasteiger partial charge in [0.05, 0.1) is 0 Å². The van der Waals surface area contributed by atoms with Crippen molar-refractivity contribution in [2.24, 2.45) is 0 Å². The van der Waals surface area contributed by atoms with E-state index < -0.39 is 0 Å². The third kappa shape index (κ3) is 2.00. The van der Waals surface area contributed by atoms with Crippen LogP contribution in [-0.2, 0) is 6.42 Å². The fourth-order valence-corrected chi connectivity index (χ4v) is 1.44. The predicted octanol–water partition coefficient (Wildman–Crippen LogP) is 3.26. The maximum absolute atomic E-state index is 5.46. The first-order chi connectivity index (χ1) is 6.33. The highest BCUT2D eigenvalue weighted by Gasteiger charge is 2.01. The van der Waals surface area contributed by atoms with Gasteiger partial charge in [-0.15, -0.1) is 6.42 Å². The number of terminal acetylenes is 1. The maximum atomic E-state index is 5.46. The average Bonchev–Trinajstić information content (AvgIpc) is 2.18. The molecular weight excluding hydrogens is 156 g/mol. The van der Waals surface area contributed by atoms with E-state index in [1.54, 1.807) is 0 Å². The topological polar surface area (TPSA) is 0 Å². The van der Waals surface area contributed by atoms with E-state index in [0.29, 0.717) is 0 Å². The molecule has 1 aromatic rings. The molecule has 0 saturated carbocycles. The van der Waals surface area contributed by atoms with Crippen molar-refractivity contribution in [2.75, 3.05) is 0 Å². The number of rotatable bonds is 3. The van der Waals surface area contributed by atoms with E-state index in [1.165, 1.54) is 5.56 Å². The van der Waals surface area contributed by atoms with Gasteiger partial charge in [0.2, 0.25) is 0 Å². The van der Waals surface area contributed by atoms with E-state index in [0.717, 1.165) is 24.0 Å². The summed E-state index contributed by atoms with van der Waals surface area (Å²) in [4.78, 5) is 0. The first-order valence-electron chi connectivity index (χ1n) is 4.54. The Hall–Kier alpha value is -1.48. The van der Waals surface area contributed by atoms with Gasteiger partial charge in [-0.25, -0.2) is 0 Å². The first-order valence-corrected chi connectivity index (χ1v) is 4.54. The van der Waals surface area contributed by atoms with Crippen molar-refractivity contribution in [1.82, 2.24) is 0 Å². The van der Waals surface area contributed by atoms with Crippen LogP contribution >= 0.6 is 0 Å². The minimum absolute atomic E-state index is 0.999. The molecule has 1 aromatic carbocycles. The Bertz CT molecular complexity index is 340. The number of hydrogen-bond donors (Lipinski definition) is 0. The highest BCUT2D eigenvalue weighted by Crippen LogP contribution is 2.16. The zero-order valence-corrected chi connectivity index (χ0v) is 8.01. The molecule has 0 amide bonds. The summed E-state index contributed by atoms with van der Waals surface area (Å²) in [6.07, 6.45) is 9.44. The van der Waals surface area contributed by atoms with Gasteiger partial charge < -0.3 is 0 Å². The molecule has 0 aliphatic rings. The Morgan fingerprint density at radius 2 is 2.31 bits per heavy atom. The smallest absolute Gasteiger partial charge is 0.0346 e. The molecule has 0 unspecified atom stereocenters. The molecule has 0 fully saturated rings. The Kier molecular flexibility index (Phi) is 3.34. The molecule has 0 aliphatic heterocycles. The molecule has 1 rings (SSSR count). The van der Waals surface area contributed by atoms with E-state index in [4.69, 9.17) is 6.42 Å². The lowest BCUT2D eigenvalue weighted by Gasteiger charge is -2.05. The van der Waals surface area contributed by atoms with E-state index in [1.807, 2.05) is 18.2 Å². The van der Waals surface area contributed by atoms with Crippen LogP contribution in [0.2, 0.25) is 0 Å². The third-order valence-electron chi connectivity index (χ3n) is 2.07. The van der Waals surface area contributed by atoms with Crippen LogP contribution in [0.3, 0.4) is 0 Å². The molecule has 0 aliphatic carbocycles. The SMILES string of the molecule is C#Cc1c(C=C)cccc1CCC. The van der Waals surface area contributed by atoms with Crippen LogP contribution in [0.5, 0.6) is 0 Å². The zero-order valence-electron chi connectivity index (χ0n) is 8.01. The van der Waals surface area contributed by atoms with E-state index in [2.05, 4.69) is 25.5 Å². The minimum atomic E-state index is 0.999. The molecule has 0 heterocycles. The van der Waals surface area contributed by atoms with Gasteiger partial charge in [0.15, 0.2) is 0 Å². The quantitative estimate of drug-likeness (QED) is 0.611. The van der Waals surface area contributed by atoms with Crippen molar-refractivity contribution in [3.8, 4) is 12.3 Å². The van der Waals surface area contributed by atoms with Crippen LogP contribution in [0.15, 0.2) is 24.8 Å². The second kappa shape index (κ2) is 4.52. The zero-order chi connectivity index (χ0) is 9.68. The van der Waals surface area contributed by atoms with Gasteiger partial charge >= 0.3 is 0 Å². The third-order valence-corrected chi connectivity index (χ3v) is 2.07. The summed E-state index contributed by atoms with van der Waals surface area (Å²) in [5.41, 5.74) is 3.32. The Morgan fingerprint density at radius 1 is 1.54 bits per heavy atom. The maximum Gasteiger partial charge on any atom is 0.0346 e. The van der Waals surface area contributed by atoms with Crippen molar-refractivity contribution >= 4 is 6.08 Å². The van der Waals surface area contributed by atoms with E-state index in [9.17, 15) is 0 Å². The Labute approximate surface area is 80.3 Å². The summed E-state index contributed by atoms with van der Waals surface area (Å²) in [6, 6.07) is 6.12. The van der Waals surface area contributed by atoms with Crippen LogP contribution in [0.25, 0.3) is 6.08 Å².